The Bertz CT molecular complexity index is 237. The van der Waals surface area contributed by atoms with Crippen molar-refractivity contribution in [3.63, 3.8) is 0 Å². The molecule has 0 saturated carbocycles. The summed E-state index contributed by atoms with van der Waals surface area (Å²) in [6, 6.07) is 0. The van der Waals surface area contributed by atoms with Gasteiger partial charge in [0.1, 0.15) is 6.29 Å². The molecule has 1 saturated heterocycles. The fraction of sp³-hybridized carbons (Fsp3) is 0.923. The number of hydrogen-bond donors (Lipinski definition) is 0. The molecule has 0 bridgehead atoms. The van der Waals surface area contributed by atoms with Gasteiger partial charge in [0.15, 0.2) is 5.79 Å². The molecule has 0 aromatic carbocycles. The monoisotopic (exact) mass is 228 g/mol. The number of carbonyl (C=O) groups excluding carboxylic acids is 1. The number of carbonyl (C=O) groups is 1. The minimum Gasteiger partial charge on any atom is -0.347 e. The van der Waals surface area contributed by atoms with Crippen molar-refractivity contribution in [3.8, 4) is 0 Å². The van der Waals surface area contributed by atoms with Crippen LogP contribution < -0.4 is 0 Å². The van der Waals surface area contributed by atoms with E-state index >= 15 is 0 Å². The topological polar surface area (TPSA) is 35.5 Å². The molecule has 1 fully saturated rings. The van der Waals surface area contributed by atoms with Gasteiger partial charge in [-0.15, -0.1) is 0 Å². The average molecular weight is 228 g/mol. The number of hydrogen-bond acceptors (Lipinski definition) is 3. The summed E-state index contributed by atoms with van der Waals surface area (Å²) in [4.78, 5) is 10.7. The van der Waals surface area contributed by atoms with Crippen molar-refractivity contribution >= 4 is 6.29 Å². The highest BCUT2D eigenvalue weighted by Crippen LogP contribution is 2.36. The number of rotatable bonds is 4. The van der Waals surface area contributed by atoms with Gasteiger partial charge in [-0.25, -0.2) is 0 Å². The van der Waals surface area contributed by atoms with Crippen LogP contribution in [0, 0.1) is 11.8 Å². The first-order chi connectivity index (χ1) is 7.41. The van der Waals surface area contributed by atoms with Crippen molar-refractivity contribution < 1.29 is 14.3 Å². The van der Waals surface area contributed by atoms with E-state index in [0.29, 0.717) is 12.3 Å². The maximum Gasteiger partial charge on any atom is 0.163 e. The van der Waals surface area contributed by atoms with E-state index < -0.39 is 5.79 Å². The van der Waals surface area contributed by atoms with Crippen molar-refractivity contribution in [2.24, 2.45) is 11.8 Å². The highest BCUT2D eigenvalue weighted by atomic mass is 16.7. The third kappa shape index (κ3) is 3.05. The summed E-state index contributed by atoms with van der Waals surface area (Å²) in [5.74, 6) is 0.189. The van der Waals surface area contributed by atoms with Gasteiger partial charge in [0, 0.05) is 12.3 Å². The molecule has 1 aliphatic rings. The summed E-state index contributed by atoms with van der Waals surface area (Å²) in [6.45, 7) is 10.3. The maximum atomic E-state index is 10.7. The van der Waals surface area contributed by atoms with Crippen LogP contribution in [-0.4, -0.2) is 24.3 Å². The van der Waals surface area contributed by atoms with E-state index in [4.69, 9.17) is 9.47 Å². The summed E-state index contributed by atoms with van der Waals surface area (Å²) >= 11 is 0. The first kappa shape index (κ1) is 13.7. The van der Waals surface area contributed by atoms with Crippen LogP contribution in [0.4, 0.5) is 0 Å². The van der Waals surface area contributed by atoms with Crippen molar-refractivity contribution in [2.45, 2.75) is 65.5 Å². The molecule has 0 unspecified atom stereocenters. The van der Waals surface area contributed by atoms with Crippen LogP contribution in [0.3, 0.4) is 0 Å². The summed E-state index contributed by atoms with van der Waals surface area (Å²) < 4.78 is 11.8. The van der Waals surface area contributed by atoms with Crippen molar-refractivity contribution in [1.82, 2.24) is 0 Å². The Labute approximate surface area is 98.5 Å². The lowest BCUT2D eigenvalue weighted by Crippen LogP contribution is -2.52. The lowest BCUT2D eigenvalue weighted by Gasteiger charge is -2.46. The van der Waals surface area contributed by atoms with Crippen molar-refractivity contribution in [2.75, 3.05) is 0 Å². The van der Waals surface area contributed by atoms with Crippen LogP contribution in [0.5, 0.6) is 0 Å². The van der Waals surface area contributed by atoms with Gasteiger partial charge in [0.25, 0.3) is 0 Å². The molecule has 4 atom stereocenters. The smallest absolute Gasteiger partial charge is 0.163 e. The van der Waals surface area contributed by atoms with Gasteiger partial charge in [-0.2, -0.15) is 0 Å². The second-order valence-electron chi connectivity index (χ2n) is 5.29. The molecule has 0 aromatic heterocycles. The van der Waals surface area contributed by atoms with Crippen LogP contribution in [0.2, 0.25) is 0 Å². The Morgan fingerprint density at radius 1 is 1.38 bits per heavy atom. The largest absolute Gasteiger partial charge is 0.347 e. The van der Waals surface area contributed by atoms with Crippen molar-refractivity contribution in [1.29, 1.82) is 0 Å². The van der Waals surface area contributed by atoms with E-state index in [-0.39, 0.29) is 18.1 Å². The van der Waals surface area contributed by atoms with Crippen LogP contribution in [0.1, 0.15) is 47.5 Å². The van der Waals surface area contributed by atoms with E-state index in [2.05, 4.69) is 20.8 Å². The van der Waals surface area contributed by atoms with Crippen molar-refractivity contribution in [3.05, 3.63) is 0 Å². The second-order valence-corrected chi connectivity index (χ2v) is 5.29. The van der Waals surface area contributed by atoms with Gasteiger partial charge in [-0.05, 0) is 19.8 Å². The fourth-order valence-electron chi connectivity index (χ4n) is 2.37. The van der Waals surface area contributed by atoms with E-state index in [1.54, 1.807) is 0 Å². The maximum absolute atomic E-state index is 10.7. The zero-order valence-corrected chi connectivity index (χ0v) is 11.0. The Morgan fingerprint density at radius 2 is 2.00 bits per heavy atom. The summed E-state index contributed by atoms with van der Waals surface area (Å²) in [7, 11) is 0. The molecule has 0 N–H and O–H groups in total. The normalized spacial score (nSPS) is 35.7. The summed E-state index contributed by atoms with van der Waals surface area (Å²) in [5.41, 5.74) is 0. The van der Waals surface area contributed by atoms with Gasteiger partial charge in [-0.1, -0.05) is 27.2 Å². The molecule has 0 amide bonds. The summed E-state index contributed by atoms with van der Waals surface area (Å²) in [5, 5.41) is 0. The van der Waals surface area contributed by atoms with Gasteiger partial charge >= 0.3 is 0 Å². The molecule has 1 aliphatic heterocycles. The quantitative estimate of drug-likeness (QED) is 0.694. The van der Waals surface area contributed by atoms with E-state index in [0.717, 1.165) is 12.7 Å². The molecular formula is C13H24O3. The minimum absolute atomic E-state index is 0.0137. The molecular weight excluding hydrogens is 204 g/mol. The molecule has 94 valence electrons. The molecule has 0 spiro atoms. The standard InChI is InChI=1S/C13H24O3/c1-6-9(2)12-10(3)11(7-8-14)15-13(4,5)16-12/h8-12H,6-7H2,1-5H3/t9-,10-,11-,12+/m0/s1. The van der Waals surface area contributed by atoms with E-state index in [1.807, 2.05) is 13.8 Å². The molecule has 0 aromatic rings. The molecule has 3 nitrogen and oxygen atoms in total. The lowest BCUT2D eigenvalue weighted by molar-refractivity contribution is -0.325. The first-order valence-electron chi connectivity index (χ1n) is 6.20. The van der Waals surface area contributed by atoms with Gasteiger partial charge in [-0.3, -0.25) is 0 Å². The van der Waals surface area contributed by atoms with Crippen LogP contribution in [0.15, 0.2) is 0 Å². The fourth-order valence-corrected chi connectivity index (χ4v) is 2.37. The third-order valence-corrected chi connectivity index (χ3v) is 3.49. The van der Waals surface area contributed by atoms with E-state index in [9.17, 15) is 4.79 Å². The summed E-state index contributed by atoms with van der Waals surface area (Å²) in [6.07, 6.45) is 2.65. The molecule has 1 heterocycles. The van der Waals surface area contributed by atoms with Gasteiger partial charge in [0.2, 0.25) is 0 Å². The van der Waals surface area contributed by atoms with Crippen LogP contribution in [0.25, 0.3) is 0 Å². The molecule has 0 radical (unpaired) electrons. The third-order valence-electron chi connectivity index (χ3n) is 3.49. The molecule has 3 heteroatoms. The van der Waals surface area contributed by atoms with Gasteiger partial charge in [0.05, 0.1) is 12.2 Å². The number of aldehydes is 1. The number of ether oxygens (including phenoxy) is 2. The molecule has 1 rings (SSSR count). The zero-order valence-electron chi connectivity index (χ0n) is 11.0. The Morgan fingerprint density at radius 3 is 2.50 bits per heavy atom. The van der Waals surface area contributed by atoms with E-state index in [1.165, 1.54) is 0 Å². The minimum atomic E-state index is -0.575. The van der Waals surface area contributed by atoms with Crippen LogP contribution in [-0.2, 0) is 14.3 Å². The Hall–Kier alpha value is -0.410. The molecule has 16 heavy (non-hydrogen) atoms. The predicted molar refractivity (Wildman–Crippen MR) is 63.1 cm³/mol. The highest BCUT2D eigenvalue weighted by molar-refractivity contribution is 5.50. The van der Waals surface area contributed by atoms with Gasteiger partial charge < -0.3 is 14.3 Å². The second kappa shape index (κ2) is 5.28. The average Bonchev–Trinajstić information content (AvgIpc) is 2.22. The Balaban J connectivity index is 2.79. The zero-order chi connectivity index (χ0) is 12.3. The molecule has 0 aliphatic carbocycles. The highest BCUT2D eigenvalue weighted by Gasteiger charge is 2.42. The first-order valence-corrected chi connectivity index (χ1v) is 6.20. The Kier molecular flexibility index (Phi) is 4.51. The lowest BCUT2D eigenvalue weighted by atomic mass is 9.85. The predicted octanol–water partition coefficient (Wildman–Crippen LogP) is 2.78. The van der Waals surface area contributed by atoms with Crippen LogP contribution >= 0.6 is 0 Å². The SMILES string of the molecule is CC[C@H](C)[C@H]1OC(C)(C)O[C@@H](CC=O)[C@@H]1C.